The van der Waals surface area contributed by atoms with E-state index in [2.05, 4.69) is 10.6 Å². The molecule has 22 heavy (non-hydrogen) atoms. The minimum Gasteiger partial charge on any atom is -0.550 e. The zero-order chi connectivity index (χ0) is 17.5. The Morgan fingerprint density at radius 1 is 1.18 bits per heavy atom. The van der Waals surface area contributed by atoms with E-state index >= 15 is 0 Å². The molecular weight excluding hydrogens is 294 g/mol. The molecule has 0 spiro atoms. The van der Waals surface area contributed by atoms with Crippen LogP contribution in [0.2, 0.25) is 0 Å². The van der Waals surface area contributed by atoms with E-state index in [1.807, 2.05) is 0 Å². The molecule has 0 unspecified atom stereocenters. The molecule has 0 bridgehead atoms. The lowest BCUT2D eigenvalue weighted by Crippen LogP contribution is -2.52. The molecule has 9 nitrogen and oxygen atoms in total. The summed E-state index contributed by atoms with van der Waals surface area (Å²) in [7, 11) is 0. The van der Waals surface area contributed by atoms with Crippen LogP contribution in [0.25, 0.3) is 0 Å². The highest BCUT2D eigenvalue weighted by Crippen LogP contribution is 2.06. The molecule has 0 aliphatic rings. The molecule has 0 heterocycles. The number of carbonyl (C=O) groups excluding carboxylic acids is 4. The Morgan fingerprint density at radius 3 is 2.14 bits per heavy atom. The van der Waals surface area contributed by atoms with Gasteiger partial charge in [-0.05, 0) is 40.5 Å². The van der Waals surface area contributed by atoms with Gasteiger partial charge in [0, 0.05) is 5.97 Å². The Hall–Kier alpha value is -2.32. The van der Waals surface area contributed by atoms with Gasteiger partial charge in [0.05, 0.1) is 0 Å². The summed E-state index contributed by atoms with van der Waals surface area (Å²) >= 11 is 0. The van der Waals surface area contributed by atoms with Gasteiger partial charge in [0.2, 0.25) is 11.8 Å². The molecular formula is C13H22N3O6-. The van der Waals surface area contributed by atoms with E-state index in [0.717, 1.165) is 0 Å². The molecule has 0 saturated heterocycles. The van der Waals surface area contributed by atoms with Crippen molar-refractivity contribution in [1.29, 1.82) is 0 Å². The Morgan fingerprint density at radius 2 is 1.73 bits per heavy atom. The highest BCUT2D eigenvalue weighted by Gasteiger charge is 2.24. The fourth-order valence-corrected chi connectivity index (χ4v) is 1.39. The maximum Gasteiger partial charge on any atom is 0.408 e. The lowest BCUT2D eigenvalue weighted by atomic mass is 10.1. The normalized spacial score (nSPS) is 13.6. The maximum absolute atomic E-state index is 11.9. The van der Waals surface area contributed by atoms with Crippen LogP contribution in [0.1, 0.15) is 40.5 Å². The fraction of sp³-hybridized carbons (Fsp3) is 0.692. The Kier molecular flexibility index (Phi) is 7.34. The van der Waals surface area contributed by atoms with E-state index < -0.39 is 48.0 Å². The number of nitrogens with two attached hydrogens (primary N) is 1. The van der Waals surface area contributed by atoms with E-state index in [1.165, 1.54) is 6.92 Å². The van der Waals surface area contributed by atoms with Crippen molar-refractivity contribution in [2.75, 3.05) is 0 Å². The standard InChI is InChI=1S/C13H23N3O6/c1-7(15-12(21)22-13(2,3)4)11(20)16-8(10(14)19)5-6-9(17)18/h7-8H,5-6H2,1-4H3,(H2,14,19)(H,15,21)(H,16,20)(H,17,18)/p-1/t7-,8+/m0/s1. The molecule has 0 rings (SSSR count). The quantitative estimate of drug-likeness (QED) is 0.514. The lowest BCUT2D eigenvalue weighted by Gasteiger charge is -2.23. The summed E-state index contributed by atoms with van der Waals surface area (Å²) in [5.74, 6) is -2.92. The SMILES string of the molecule is C[C@H](NC(=O)OC(C)(C)C)C(=O)N[C@H](CCC(=O)[O-])C(N)=O. The van der Waals surface area contributed by atoms with Gasteiger partial charge in [0.15, 0.2) is 0 Å². The number of rotatable bonds is 7. The number of alkyl carbamates (subject to hydrolysis) is 1. The third-order valence-electron chi connectivity index (χ3n) is 2.42. The molecule has 0 fully saturated rings. The van der Waals surface area contributed by atoms with Gasteiger partial charge < -0.3 is 31.0 Å². The zero-order valence-corrected chi connectivity index (χ0v) is 13.1. The molecule has 0 radical (unpaired) electrons. The smallest absolute Gasteiger partial charge is 0.408 e. The number of carbonyl (C=O) groups is 4. The molecule has 0 aromatic rings. The minimum absolute atomic E-state index is 0.192. The Bertz CT molecular complexity index is 444. The van der Waals surface area contributed by atoms with E-state index in [4.69, 9.17) is 10.5 Å². The molecule has 3 amide bonds. The average molecular weight is 316 g/mol. The summed E-state index contributed by atoms with van der Waals surface area (Å²) in [6.07, 6.45) is -1.41. The van der Waals surface area contributed by atoms with Gasteiger partial charge in [-0.25, -0.2) is 4.79 Å². The van der Waals surface area contributed by atoms with Gasteiger partial charge in [0.25, 0.3) is 0 Å². The van der Waals surface area contributed by atoms with Crippen molar-refractivity contribution in [1.82, 2.24) is 10.6 Å². The van der Waals surface area contributed by atoms with E-state index in [1.54, 1.807) is 20.8 Å². The number of primary amides is 1. The molecule has 0 saturated carbocycles. The van der Waals surface area contributed by atoms with Crippen LogP contribution >= 0.6 is 0 Å². The summed E-state index contributed by atoms with van der Waals surface area (Å²) in [6.45, 7) is 6.39. The van der Waals surface area contributed by atoms with Crippen LogP contribution in [0.5, 0.6) is 0 Å². The van der Waals surface area contributed by atoms with Crippen molar-refractivity contribution in [3.05, 3.63) is 0 Å². The summed E-state index contributed by atoms with van der Waals surface area (Å²) in [6, 6.07) is -2.15. The van der Waals surface area contributed by atoms with Crippen molar-refractivity contribution >= 4 is 23.9 Å². The minimum atomic E-state index is -1.36. The van der Waals surface area contributed by atoms with Crippen LogP contribution < -0.4 is 21.5 Å². The van der Waals surface area contributed by atoms with E-state index in [-0.39, 0.29) is 6.42 Å². The topological polar surface area (TPSA) is 151 Å². The Labute approximate surface area is 128 Å². The molecule has 0 aromatic heterocycles. The molecule has 126 valence electrons. The zero-order valence-electron chi connectivity index (χ0n) is 13.1. The third kappa shape index (κ3) is 8.77. The average Bonchev–Trinajstić information content (AvgIpc) is 2.30. The van der Waals surface area contributed by atoms with Crippen molar-refractivity contribution in [3.8, 4) is 0 Å². The molecule has 2 atom stereocenters. The van der Waals surface area contributed by atoms with Crippen LogP contribution in [-0.4, -0.2) is 41.6 Å². The number of carboxylic acid groups (broad SMARTS) is 1. The van der Waals surface area contributed by atoms with Gasteiger partial charge in [-0.3, -0.25) is 9.59 Å². The van der Waals surface area contributed by atoms with Gasteiger partial charge in [0.1, 0.15) is 17.7 Å². The maximum atomic E-state index is 11.9. The van der Waals surface area contributed by atoms with Crippen LogP contribution in [0.15, 0.2) is 0 Å². The number of aliphatic carboxylic acids is 1. The number of carboxylic acids is 1. The monoisotopic (exact) mass is 316 g/mol. The number of nitrogens with one attached hydrogen (secondary N) is 2. The second-order valence-corrected chi connectivity index (χ2v) is 5.74. The highest BCUT2D eigenvalue weighted by atomic mass is 16.6. The molecule has 9 heteroatoms. The van der Waals surface area contributed by atoms with Crippen molar-refractivity contribution < 1.29 is 29.0 Å². The van der Waals surface area contributed by atoms with Gasteiger partial charge in [-0.1, -0.05) is 0 Å². The van der Waals surface area contributed by atoms with Crippen LogP contribution in [0.4, 0.5) is 4.79 Å². The predicted molar refractivity (Wildman–Crippen MR) is 74.2 cm³/mol. The van der Waals surface area contributed by atoms with Crippen LogP contribution in [0.3, 0.4) is 0 Å². The van der Waals surface area contributed by atoms with E-state index in [9.17, 15) is 24.3 Å². The number of hydrogen-bond acceptors (Lipinski definition) is 6. The van der Waals surface area contributed by atoms with Crippen LogP contribution in [-0.2, 0) is 19.1 Å². The lowest BCUT2D eigenvalue weighted by molar-refractivity contribution is -0.305. The van der Waals surface area contributed by atoms with Gasteiger partial charge in [-0.2, -0.15) is 0 Å². The van der Waals surface area contributed by atoms with Gasteiger partial charge in [-0.15, -0.1) is 0 Å². The fourth-order valence-electron chi connectivity index (χ4n) is 1.39. The molecule has 0 aromatic carbocycles. The highest BCUT2D eigenvalue weighted by molar-refractivity contribution is 5.90. The summed E-state index contributed by atoms with van der Waals surface area (Å²) in [5, 5.41) is 14.9. The summed E-state index contributed by atoms with van der Waals surface area (Å²) in [4.78, 5) is 44.9. The number of ether oxygens (including phenoxy) is 1. The predicted octanol–water partition coefficient (Wildman–Crippen LogP) is -1.60. The molecule has 4 N–H and O–H groups in total. The third-order valence-corrected chi connectivity index (χ3v) is 2.42. The largest absolute Gasteiger partial charge is 0.550 e. The summed E-state index contributed by atoms with van der Waals surface area (Å²) < 4.78 is 4.98. The molecule has 0 aliphatic carbocycles. The number of amides is 3. The van der Waals surface area contributed by atoms with Gasteiger partial charge >= 0.3 is 6.09 Å². The first-order valence-corrected chi connectivity index (χ1v) is 6.71. The molecule has 0 aliphatic heterocycles. The first-order valence-electron chi connectivity index (χ1n) is 6.71. The summed E-state index contributed by atoms with van der Waals surface area (Å²) in [5.41, 5.74) is 4.36. The van der Waals surface area contributed by atoms with Crippen molar-refractivity contribution in [2.45, 2.75) is 58.2 Å². The first-order chi connectivity index (χ1) is 9.92. The van der Waals surface area contributed by atoms with Crippen LogP contribution in [0, 0.1) is 0 Å². The second kappa shape index (κ2) is 8.20. The second-order valence-electron chi connectivity index (χ2n) is 5.74. The number of hydrogen-bond donors (Lipinski definition) is 3. The van der Waals surface area contributed by atoms with E-state index in [0.29, 0.717) is 0 Å². The first kappa shape index (κ1) is 19.7. The van der Waals surface area contributed by atoms with Crippen molar-refractivity contribution in [3.63, 3.8) is 0 Å². The Balaban J connectivity index is 4.50. The van der Waals surface area contributed by atoms with Crippen molar-refractivity contribution in [2.24, 2.45) is 5.73 Å².